The average Bonchev–Trinajstić information content (AvgIpc) is 2.60. The maximum atomic E-state index is 12.6. The lowest BCUT2D eigenvalue weighted by Gasteiger charge is -2.70. The van der Waals surface area contributed by atoms with E-state index in [1.165, 1.54) is 0 Å². The molecule has 0 aliphatic heterocycles. The van der Waals surface area contributed by atoms with Crippen LogP contribution in [0, 0.1) is 12.3 Å². The number of hydrogen-bond donors (Lipinski definition) is 1. The monoisotopic (exact) mass is 417 g/mol. The molecule has 3 aliphatic rings. The van der Waals surface area contributed by atoms with E-state index < -0.39 is 0 Å². The zero-order chi connectivity index (χ0) is 19.9. The van der Waals surface area contributed by atoms with Crippen molar-refractivity contribution in [1.82, 2.24) is 5.32 Å². The van der Waals surface area contributed by atoms with Crippen molar-refractivity contribution in [2.24, 2.45) is 5.41 Å². The summed E-state index contributed by atoms with van der Waals surface area (Å²) in [6, 6.07) is 12.6. The number of hydrogen-bond acceptors (Lipinski definition) is 3. The van der Waals surface area contributed by atoms with Gasteiger partial charge in [-0.2, -0.15) is 0 Å². The van der Waals surface area contributed by atoms with Crippen LogP contribution >= 0.6 is 23.2 Å². The van der Waals surface area contributed by atoms with Gasteiger partial charge in [0.2, 0.25) is 0 Å². The van der Waals surface area contributed by atoms with E-state index in [0.717, 1.165) is 30.4 Å². The number of rotatable bonds is 7. The van der Waals surface area contributed by atoms with Gasteiger partial charge >= 0.3 is 0 Å². The molecule has 1 N–H and O–H groups in total. The SMILES string of the molecule is Cc1ccccc1C(=O)CC12CC(NC(=O)COc3ccc(Cl)c(Cl)c3)(C1)C2. The lowest BCUT2D eigenvalue weighted by molar-refractivity contribution is -0.164. The molecule has 3 fully saturated rings. The minimum absolute atomic E-state index is 0.0528. The maximum Gasteiger partial charge on any atom is 0.258 e. The lowest BCUT2D eigenvalue weighted by atomic mass is 9.38. The largest absolute Gasteiger partial charge is 0.484 e. The summed E-state index contributed by atoms with van der Waals surface area (Å²) in [5.74, 6) is 0.535. The van der Waals surface area contributed by atoms with Crippen molar-refractivity contribution in [2.75, 3.05) is 6.61 Å². The Morgan fingerprint density at radius 1 is 1.07 bits per heavy atom. The summed E-state index contributed by atoms with van der Waals surface area (Å²) in [5.41, 5.74) is 1.71. The Bertz CT molecular complexity index is 937. The van der Waals surface area contributed by atoms with Crippen LogP contribution in [0.1, 0.15) is 41.6 Å². The summed E-state index contributed by atoms with van der Waals surface area (Å²) < 4.78 is 5.49. The normalized spacial score (nSPS) is 24.7. The van der Waals surface area contributed by atoms with Gasteiger partial charge in [-0.25, -0.2) is 0 Å². The second-order valence-corrected chi connectivity index (χ2v) is 8.95. The summed E-state index contributed by atoms with van der Waals surface area (Å²) in [6.07, 6.45) is 3.12. The van der Waals surface area contributed by atoms with E-state index in [-0.39, 0.29) is 29.3 Å². The Morgan fingerprint density at radius 2 is 1.79 bits per heavy atom. The van der Waals surface area contributed by atoms with E-state index in [4.69, 9.17) is 27.9 Å². The molecule has 0 aromatic heterocycles. The molecule has 28 heavy (non-hydrogen) atoms. The average molecular weight is 418 g/mol. The molecule has 4 nitrogen and oxygen atoms in total. The molecule has 0 atom stereocenters. The second-order valence-electron chi connectivity index (χ2n) is 8.14. The predicted molar refractivity (Wildman–Crippen MR) is 109 cm³/mol. The van der Waals surface area contributed by atoms with Crippen LogP contribution in [0.4, 0.5) is 0 Å². The molecule has 0 radical (unpaired) electrons. The second kappa shape index (κ2) is 7.09. The van der Waals surface area contributed by atoms with E-state index >= 15 is 0 Å². The Hall–Kier alpha value is -2.04. The van der Waals surface area contributed by atoms with Crippen molar-refractivity contribution < 1.29 is 14.3 Å². The molecule has 3 saturated carbocycles. The van der Waals surface area contributed by atoms with Crippen molar-refractivity contribution in [1.29, 1.82) is 0 Å². The number of ketones is 1. The molecular weight excluding hydrogens is 397 g/mol. The molecule has 2 aromatic rings. The molecule has 0 saturated heterocycles. The number of halogens is 2. The first-order valence-corrected chi connectivity index (χ1v) is 10.0. The van der Waals surface area contributed by atoms with E-state index in [0.29, 0.717) is 22.2 Å². The first kappa shape index (κ1) is 19.3. The minimum atomic E-state index is -0.163. The Morgan fingerprint density at radius 3 is 2.46 bits per heavy atom. The number of aryl methyl sites for hydroxylation is 1. The third-order valence-corrected chi connectivity index (χ3v) is 6.53. The lowest BCUT2D eigenvalue weighted by Crippen LogP contribution is -2.75. The highest BCUT2D eigenvalue weighted by Gasteiger charge is 2.68. The van der Waals surface area contributed by atoms with Gasteiger partial charge in [-0.15, -0.1) is 0 Å². The molecule has 5 rings (SSSR count). The van der Waals surface area contributed by atoms with Gasteiger partial charge < -0.3 is 10.1 Å². The maximum absolute atomic E-state index is 12.6. The van der Waals surface area contributed by atoms with E-state index in [9.17, 15) is 9.59 Å². The van der Waals surface area contributed by atoms with Crippen LogP contribution in [0.25, 0.3) is 0 Å². The quantitative estimate of drug-likeness (QED) is 0.645. The van der Waals surface area contributed by atoms with Gasteiger partial charge in [0.15, 0.2) is 12.4 Å². The number of ether oxygens (including phenoxy) is 1. The van der Waals surface area contributed by atoms with Crippen LogP contribution in [0.15, 0.2) is 42.5 Å². The number of carbonyl (C=O) groups is 2. The molecule has 2 aromatic carbocycles. The Balaban J connectivity index is 1.25. The molecule has 2 bridgehead atoms. The van der Waals surface area contributed by atoms with E-state index in [1.54, 1.807) is 18.2 Å². The van der Waals surface area contributed by atoms with Gasteiger partial charge in [0.05, 0.1) is 10.0 Å². The fraction of sp³-hybridized carbons (Fsp3) is 0.364. The van der Waals surface area contributed by atoms with Crippen molar-refractivity contribution >= 4 is 34.9 Å². The highest BCUT2D eigenvalue weighted by atomic mass is 35.5. The zero-order valence-electron chi connectivity index (χ0n) is 15.6. The molecule has 0 unspecified atom stereocenters. The summed E-state index contributed by atoms with van der Waals surface area (Å²) in [7, 11) is 0. The van der Waals surface area contributed by atoms with Crippen molar-refractivity contribution in [3.63, 3.8) is 0 Å². The van der Waals surface area contributed by atoms with Gasteiger partial charge in [-0.3, -0.25) is 9.59 Å². The van der Waals surface area contributed by atoms with Crippen LogP contribution in [0.5, 0.6) is 5.75 Å². The molecule has 3 aliphatic carbocycles. The van der Waals surface area contributed by atoms with Crippen LogP contribution in [-0.4, -0.2) is 23.8 Å². The van der Waals surface area contributed by atoms with Crippen molar-refractivity contribution in [2.45, 2.75) is 38.1 Å². The fourth-order valence-corrected chi connectivity index (χ4v) is 4.98. The Kier molecular flexibility index (Phi) is 4.88. The first-order valence-electron chi connectivity index (χ1n) is 9.28. The first-order chi connectivity index (χ1) is 13.3. The molecule has 6 heteroatoms. The van der Waals surface area contributed by atoms with Gasteiger partial charge in [-0.1, -0.05) is 47.5 Å². The van der Waals surface area contributed by atoms with Gasteiger partial charge in [0.25, 0.3) is 5.91 Å². The standard InChI is InChI=1S/C22H21Cl2NO3/c1-14-4-2-3-5-16(14)19(26)9-21-11-22(12-21,13-21)25-20(27)10-28-15-6-7-17(23)18(24)8-15/h2-8H,9-13H2,1H3,(H,25,27). The van der Waals surface area contributed by atoms with Crippen molar-refractivity contribution in [3.05, 3.63) is 63.6 Å². The third kappa shape index (κ3) is 3.63. The van der Waals surface area contributed by atoms with Gasteiger partial charge in [-0.05, 0) is 49.3 Å². The smallest absolute Gasteiger partial charge is 0.258 e. The highest BCUT2D eigenvalue weighted by Crippen LogP contribution is 2.69. The van der Waals surface area contributed by atoms with Crippen LogP contribution in [0.2, 0.25) is 10.0 Å². The minimum Gasteiger partial charge on any atom is -0.484 e. The van der Waals surface area contributed by atoms with Crippen LogP contribution < -0.4 is 10.1 Å². The molecular formula is C22H21Cl2NO3. The van der Waals surface area contributed by atoms with Crippen LogP contribution in [-0.2, 0) is 4.79 Å². The summed E-state index contributed by atoms with van der Waals surface area (Å²) in [4.78, 5) is 24.8. The fourth-order valence-electron chi connectivity index (χ4n) is 4.69. The van der Waals surface area contributed by atoms with Gasteiger partial charge in [0.1, 0.15) is 5.75 Å². The number of benzene rings is 2. The molecule has 0 heterocycles. The molecule has 146 valence electrons. The number of Topliss-reactive ketones (excluding diaryl/α,β-unsaturated/α-hetero) is 1. The third-order valence-electron chi connectivity index (χ3n) is 5.79. The summed E-state index contributed by atoms with van der Waals surface area (Å²) in [6.45, 7) is 1.89. The number of nitrogens with one attached hydrogen (secondary N) is 1. The van der Waals surface area contributed by atoms with Crippen molar-refractivity contribution in [3.8, 4) is 5.75 Å². The topological polar surface area (TPSA) is 55.4 Å². The van der Waals surface area contributed by atoms with E-state index in [1.807, 2.05) is 31.2 Å². The summed E-state index contributed by atoms with van der Waals surface area (Å²) >= 11 is 11.8. The molecule has 1 amide bonds. The van der Waals surface area contributed by atoms with Gasteiger partial charge in [0, 0.05) is 23.6 Å². The number of carbonyl (C=O) groups excluding carboxylic acids is 2. The Labute approximate surface area is 174 Å². The zero-order valence-corrected chi connectivity index (χ0v) is 17.1. The molecule has 0 spiro atoms. The van der Waals surface area contributed by atoms with Crippen LogP contribution in [0.3, 0.4) is 0 Å². The van der Waals surface area contributed by atoms with E-state index in [2.05, 4.69) is 5.32 Å². The predicted octanol–water partition coefficient (Wildman–Crippen LogP) is 4.99. The summed E-state index contributed by atoms with van der Waals surface area (Å²) in [5, 5.41) is 3.90. The highest BCUT2D eigenvalue weighted by molar-refractivity contribution is 6.42. The number of amides is 1.